The van der Waals surface area contributed by atoms with Crippen molar-refractivity contribution in [2.24, 2.45) is 35.5 Å². The van der Waals surface area contributed by atoms with E-state index in [0.717, 1.165) is 147 Å². The third-order valence-corrected chi connectivity index (χ3v) is 28.7. The molecule has 6 aromatic rings. The molecule has 20 heteroatoms. The Morgan fingerprint density at radius 1 is 0.562 bits per heavy atom. The number of nitrogens with one attached hydrogen (secondary N) is 2. The number of nitrogens with zero attached hydrogens (tertiary/aromatic N) is 6. The summed E-state index contributed by atoms with van der Waals surface area (Å²) in [6.07, 6.45) is 21.7. The second-order valence-corrected chi connectivity index (χ2v) is 35.6. The average Bonchev–Trinajstić information content (AvgIpc) is 1.37. The number of amides is 2. The Morgan fingerprint density at radius 2 is 0.990 bits per heavy atom. The van der Waals surface area contributed by atoms with Crippen molar-refractivity contribution in [1.29, 1.82) is 0 Å². The maximum absolute atomic E-state index is 13.9. The fourth-order valence-electron chi connectivity index (χ4n) is 17.6. The molecule has 4 aliphatic heterocycles. The lowest BCUT2D eigenvalue weighted by atomic mass is 9.61. The van der Waals surface area contributed by atoms with Crippen LogP contribution >= 0.6 is 23.2 Å². The summed E-state index contributed by atoms with van der Waals surface area (Å²) in [5, 5.41) is 26.0. The summed E-state index contributed by atoms with van der Waals surface area (Å²) in [5.74, 6) is 9.44. The van der Waals surface area contributed by atoms with Gasteiger partial charge in [-0.05, 0) is 246 Å². The Labute approximate surface area is 577 Å². The van der Waals surface area contributed by atoms with Gasteiger partial charge in [0, 0.05) is 105 Å². The molecule has 14 rings (SSSR count). The molecule has 8 aliphatic rings. The number of ether oxygens (including phenoxy) is 2. The molecule has 96 heavy (non-hydrogen) atoms. The maximum Gasteiger partial charge on any atom is 0.262 e. The summed E-state index contributed by atoms with van der Waals surface area (Å²) >= 11 is 12.9. The van der Waals surface area contributed by atoms with E-state index in [1.807, 2.05) is 62.4 Å². The molecule has 2 fully saturated rings. The first kappa shape index (κ1) is 68.3. The predicted octanol–water partition coefficient (Wildman–Crippen LogP) is 12.3. The van der Waals surface area contributed by atoms with Gasteiger partial charge in [-0.15, -0.1) is 0 Å². The number of rotatable bonds is 4. The lowest BCUT2D eigenvalue weighted by molar-refractivity contribution is -0.0890. The lowest BCUT2D eigenvalue weighted by Crippen LogP contribution is -2.54. The van der Waals surface area contributed by atoms with Crippen LogP contribution in [0.4, 0.5) is 11.4 Å². The first-order valence-corrected chi connectivity index (χ1v) is 39.2. The fourth-order valence-corrected chi connectivity index (χ4v) is 21.0. The molecule has 16 nitrogen and oxygen atoms in total. The van der Waals surface area contributed by atoms with E-state index in [2.05, 4.69) is 89.0 Å². The van der Waals surface area contributed by atoms with Crippen molar-refractivity contribution >= 4 is 77.5 Å². The smallest absolute Gasteiger partial charge is 0.262 e. The summed E-state index contributed by atoms with van der Waals surface area (Å²) in [4.78, 5) is 49.4. The second-order valence-electron chi connectivity index (χ2n) is 29.9. The van der Waals surface area contributed by atoms with Gasteiger partial charge in [0.1, 0.15) is 24.2 Å². The summed E-state index contributed by atoms with van der Waals surface area (Å²) in [6, 6.07) is 27.4. The lowest BCUT2D eigenvalue weighted by Gasteiger charge is -2.50. The highest BCUT2D eigenvalue weighted by Gasteiger charge is 2.51. The Morgan fingerprint density at radius 3 is 1.38 bits per heavy atom. The van der Waals surface area contributed by atoms with E-state index in [0.29, 0.717) is 63.1 Å². The van der Waals surface area contributed by atoms with E-state index in [1.54, 1.807) is 37.2 Å². The highest BCUT2D eigenvalue weighted by Crippen LogP contribution is 2.52. The number of halogens is 2. The summed E-state index contributed by atoms with van der Waals surface area (Å²) in [7, 11) is -5.91. The molecule has 0 radical (unpaired) electrons. The van der Waals surface area contributed by atoms with E-state index in [1.165, 1.54) is 22.3 Å². The highest BCUT2D eigenvalue weighted by atomic mass is 35.5. The van der Waals surface area contributed by atoms with Crippen LogP contribution in [0.15, 0.2) is 110 Å². The topological polar surface area (TPSA) is 209 Å². The molecule has 2 spiro atoms. The van der Waals surface area contributed by atoms with Crippen LogP contribution in [0.2, 0.25) is 10.0 Å². The van der Waals surface area contributed by atoms with Crippen molar-refractivity contribution in [2.75, 3.05) is 49.2 Å². The summed E-state index contributed by atoms with van der Waals surface area (Å²) in [6.45, 7) is 11.8. The van der Waals surface area contributed by atoms with Gasteiger partial charge in [0.05, 0.1) is 55.2 Å². The van der Waals surface area contributed by atoms with Gasteiger partial charge in [0.2, 0.25) is 0 Å². The Kier molecular flexibility index (Phi) is 19.5. The maximum atomic E-state index is 13.9. The van der Waals surface area contributed by atoms with Crippen molar-refractivity contribution in [3.8, 4) is 11.5 Å². The number of carbonyl (C=O) groups excluding carboxylic acids is 2. The predicted molar refractivity (Wildman–Crippen MR) is 385 cm³/mol. The van der Waals surface area contributed by atoms with Crippen LogP contribution in [0.5, 0.6) is 11.5 Å². The highest BCUT2D eigenvalue weighted by molar-refractivity contribution is 7.99. The summed E-state index contributed by atoms with van der Waals surface area (Å²) in [5.41, 5.74) is 6.94. The first-order chi connectivity index (χ1) is 45.9. The van der Waals surface area contributed by atoms with Gasteiger partial charge in [-0.1, -0.05) is 62.0 Å². The van der Waals surface area contributed by atoms with Crippen molar-refractivity contribution in [3.05, 3.63) is 165 Å². The van der Waals surface area contributed by atoms with Crippen LogP contribution in [-0.2, 0) is 55.9 Å². The minimum Gasteiger partial charge on any atom is -0.490 e. The number of aryl methyl sites for hydroxylation is 2. The molecule has 6 heterocycles. The molecule has 0 saturated heterocycles. The largest absolute Gasteiger partial charge is 0.490 e. The van der Waals surface area contributed by atoms with Crippen LogP contribution < -0.4 is 28.7 Å². The van der Waals surface area contributed by atoms with Gasteiger partial charge in [-0.25, -0.2) is 28.4 Å². The van der Waals surface area contributed by atoms with Gasteiger partial charge >= 0.3 is 0 Å². The number of anilines is 2. The number of aromatic nitrogens is 4. The van der Waals surface area contributed by atoms with Crippen molar-refractivity contribution < 1.29 is 37.7 Å². The SMILES string of the molecule is C=S1(=O)NC(=O)c2ccc3c(c2)N(C[C@@H]2CC[C@H]2[C@@](O)(Cc2ccncn2)CCC[C@H](C)[C@H]1C)C[C@@]1(CCCc2cc(Cl)ccc21)CO3.C=S1(=O)NC(=O)c2ccc3c(c2)N(C[C@@H]2CC[C@H]2[C@](O)(Cc2ccncn2)CCC[C@H](C)[C@H]1C)C[C@@]1(CCCc2cc(Cl)ccc21)CO3. The zero-order valence-corrected chi connectivity index (χ0v) is 59.1. The number of carbonyl (C=O) groups is 2. The van der Waals surface area contributed by atoms with Crippen LogP contribution in [0.3, 0.4) is 0 Å². The Balaban J connectivity index is 0.000000174. The van der Waals surface area contributed by atoms with Crippen molar-refractivity contribution in [2.45, 2.75) is 176 Å². The molecule has 4 aromatic carbocycles. The van der Waals surface area contributed by atoms with Gasteiger partial charge in [-0.3, -0.25) is 19.0 Å². The number of benzene rings is 4. The molecule has 2 saturated carbocycles. The minimum absolute atomic E-state index is 0.0315. The number of hydrogen-bond donors (Lipinski definition) is 4. The monoisotopic (exact) mass is 1380 g/mol. The Hall–Kier alpha value is -6.28. The van der Waals surface area contributed by atoms with E-state index >= 15 is 0 Å². The summed E-state index contributed by atoms with van der Waals surface area (Å²) < 4.78 is 46.7. The molecule has 4 bridgehead atoms. The molecule has 512 valence electrons. The standard InChI is InChI=1S/2C38H47ClN4O4S/c2*1-25-6-4-16-38(45,20-31-14-17-40-24-41-31)33-11-8-29(33)21-43-22-37(15-5-7-27-18-30(39)10-12-32(27)37)23-47-35-13-9-28(19-34(35)43)36(44)42-48(3,46)26(25)2/h2*9-10,12-14,17-19,24-26,29,33,45H,3-8,11,15-16,20-23H2,1-2H3,(H,42,44,46)/t25-,26+,29-,33+,37-,38+,48?;25-,26+,29-,33+,37-,38-,48?/m00/s1. The molecule has 2 aromatic heterocycles. The molecule has 2 amide bonds. The third kappa shape index (κ3) is 13.9. The molecule has 4 N–H and O–H groups in total. The van der Waals surface area contributed by atoms with E-state index < -0.39 is 30.6 Å². The number of aliphatic hydroxyl groups is 2. The second kappa shape index (κ2) is 27.4. The van der Waals surface area contributed by atoms with Crippen molar-refractivity contribution in [3.63, 3.8) is 0 Å². The van der Waals surface area contributed by atoms with Crippen LogP contribution in [0.25, 0.3) is 0 Å². The van der Waals surface area contributed by atoms with Gasteiger partial charge in [0.25, 0.3) is 11.8 Å². The zero-order chi connectivity index (χ0) is 67.4. The minimum atomic E-state index is -2.96. The van der Waals surface area contributed by atoms with Gasteiger partial charge in [0.15, 0.2) is 0 Å². The van der Waals surface area contributed by atoms with Crippen LogP contribution in [-0.4, -0.2) is 123 Å². The zero-order valence-electron chi connectivity index (χ0n) is 56.0. The third-order valence-electron chi connectivity index (χ3n) is 23.9. The average molecular weight is 1380 g/mol. The van der Waals surface area contributed by atoms with Crippen molar-refractivity contribution in [1.82, 2.24) is 29.4 Å². The number of hydrogen-bond acceptors (Lipinski definition) is 14. The normalized spacial score (nSPS) is 33.8. The number of fused-ring (bicyclic) bond motifs is 8. The molecular formula is C76H94Cl2N8O8S2. The van der Waals surface area contributed by atoms with E-state index in [4.69, 9.17) is 32.7 Å². The molecule has 4 aliphatic carbocycles. The molecular weight excluding hydrogens is 1290 g/mol. The van der Waals surface area contributed by atoms with Gasteiger partial charge < -0.3 is 29.5 Å². The van der Waals surface area contributed by atoms with Crippen LogP contribution in [0.1, 0.15) is 172 Å². The van der Waals surface area contributed by atoms with Gasteiger partial charge in [-0.2, -0.15) is 0 Å². The molecule has 14 atom stereocenters. The van der Waals surface area contributed by atoms with Crippen LogP contribution in [0, 0.1) is 35.5 Å². The van der Waals surface area contributed by atoms with E-state index in [9.17, 15) is 28.2 Å². The fraction of sp³-hybridized carbons (Fsp3) is 0.526. The molecule has 2 unspecified atom stereocenters. The quantitative estimate of drug-likeness (QED) is 0.121. The Bertz CT molecular complexity index is 3840. The van der Waals surface area contributed by atoms with E-state index in [-0.39, 0.29) is 68.7 Å². The first-order valence-electron chi connectivity index (χ1n) is 34.8.